The largest absolute Gasteiger partial charge is 0.377 e. The first-order valence-electron chi connectivity index (χ1n) is 8.12. The first-order valence-corrected chi connectivity index (χ1v) is 8.12. The molecule has 2 aliphatic carbocycles. The van der Waals surface area contributed by atoms with Gasteiger partial charge < -0.3 is 10.1 Å². The van der Waals surface area contributed by atoms with E-state index in [4.69, 9.17) is 10.00 Å². The van der Waals surface area contributed by atoms with Crippen LogP contribution in [0.25, 0.3) is 0 Å². The fourth-order valence-electron chi connectivity index (χ4n) is 4.74. The molecule has 1 heterocycles. The molecule has 0 aromatic heterocycles. The SMILES string of the molecule is C[C@H](N[C@@H]1[C@@H]2CCO[C@H]2C12CCC2)c1cccc(C#N)c1. The van der Waals surface area contributed by atoms with Crippen LogP contribution in [0, 0.1) is 22.7 Å². The van der Waals surface area contributed by atoms with Gasteiger partial charge >= 0.3 is 0 Å². The van der Waals surface area contributed by atoms with Crippen LogP contribution < -0.4 is 5.32 Å². The van der Waals surface area contributed by atoms with Gasteiger partial charge in [0.1, 0.15) is 0 Å². The number of rotatable bonds is 3. The van der Waals surface area contributed by atoms with Crippen molar-refractivity contribution in [2.45, 2.75) is 50.8 Å². The minimum atomic E-state index is 0.294. The van der Waals surface area contributed by atoms with E-state index < -0.39 is 0 Å². The lowest BCUT2D eigenvalue weighted by molar-refractivity contribution is -0.178. The average molecular weight is 282 g/mol. The molecule has 1 aromatic rings. The Morgan fingerprint density at radius 3 is 3.00 bits per heavy atom. The van der Waals surface area contributed by atoms with Crippen LogP contribution >= 0.6 is 0 Å². The summed E-state index contributed by atoms with van der Waals surface area (Å²) in [7, 11) is 0. The molecule has 4 rings (SSSR count). The Balaban J connectivity index is 1.51. The summed E-state index contributed by atoms with van der Waals surface area (Å²) in [6.07, 6.45) is 5.70. The van der Waals surface area contributed by atoms with Gasteiger partial charge in [-0.3, -0.25) is 0 Å². The van der Waals surface area contributed by atoms with Crippen molar-refractivity contribution in [2.75, 3.05) is 6.61 Å². The normalized spacial score (nSPS) is 33.6. The quantitative estimate of drug-likeness (QED) is 0.926. The summed E-state index contributed by atoms with van der Waals surface area (Å²) < 4.78 is 5.98. The third-order valence-electron chi connectivity index (χ3n) is 5.98. The van der Waals surface area contributed by atoms with Crippen LogP contribution in [0.1, 0.15) is 49.8 Å². The fraction of sp³-hybridized carbons (Fsp3) is 0.611. The van der Waals surface area contributed by atoms with Crippen molar-refractivity contribution in [3.8, 4) is 6.07 Å². The van der Waals surface area contributed by atoms with Crippen molar-refractivity contribution in [1.29, 1.82) is 5.26 Å². The number of ether oxygens (including phenoxy) is 1. The molecule has 110 valence electrons. The monoisotopic (exact) mass is 282 g/mol. The summed E-state index contributed by atoms with van der Waals surface area (Å²) in [6.45, 7) is 3.15. The van der Waals surface area contributed by atoms with Crippen LogP contribution in [0.4, 0.5) is 0 Å². The first-order chi connectivity index (χ1) is 10.2. The second-order valence-corrected chi connectivity index (χ2v) is 6.93. The first kappa shape index (κ1) is 13.3. The fourth-order valence-corrected chi connectivity index (χ4v) is 4.74. The molecule has 1 aliphatic heterocycles. The Kier molecular flexibility index (Phi) is 3.06. The van der Waals surface area contributed by atoms with Gasteiger partial charge in [-0.2, -0.15) is 5.26 Å². The van der Waals surface area contributed by atoms with Crippen molar-refractivity contribution in [3.05, 3.63) is 35.4 Å². The number of nitrogens with one attached hydrogen (secondary N) is 1. The molecular formula is C18H22N2O. The highest BCUT2D eigenvalue weighted by atomic mass is 16.5. The number of nitriles is 1. The smallest absolute Gasteiger partial charge is 0.0991 e. The molecule has 3 nitrogen and oxygen atoms in total. The maximum atomic E-state index is 9.05. The van der Waals surface area contributed by atoms with E-state index in [9.17, 15) is 0 Å². The van der Waals surface area contributed by atoms with Gasteiger partial charge in [0.2, 0.25) is 0 Å². The minimum Gasteiger partial charge on any atom is -0.377 e. The zero-order valence-electron chi connectivity index (χ0n) is 12.5. The Morgan fingerprint density at radius 1 is 1.43 bits per heavy atom. The average Bonchev–Trinajstić information content (AvgIpc) is 2.88. The molecule has 2 saturated carbocycles. The molecule has 1 saturated heterocycles. The van der Waals surface area contributed by atoms with Gasteiger partial charge in [0.05, 0.1) is 17.7 Å². The van der Waals surface area contributed by atoms with Gasteiger partial charge in [0.25, 0.3) is 0 Å². The van der Waals surface area contributed by atoms with Crippen LogP contribution in [0.15, 0.2) is 24.3 Å². The van der Waals surface area contributed by atoms with Gasteiger partial charge in [-0.05, 0) is 43.9 Å². The zero-order valence-corrected chi connectivity index (χ0v) is 12.5. The van der Waals surface area contributed by atoms with Crippen LogP contribution in [-0.4, -0.2) is 18.8 Å². The molecular weight excluding hydrogens is 260 g/mol. The number of fused-ring (bicyclic) bond motifs is 2. The predicted octanol–water partition coefficient (Wildman–Crippen LogP) is 3.17. The van der Waals surface area contributed by atoms with Crippen molar-refractivity contribution in [3.63, 3.8) is 0 Å². The lowest BCUT2D eigenvalue weighted by Gasteiger charge is -2.64. The van der Waals surface area contributed by atoms with Crippen LogP contribution in [0.5, 0.6) is 0 Å². The topological polar surface area (TPSA) is 45.0 Å². The van der Waals surface area contributed by atoms with Crippen molar-refractivity contribution in [2.24, 2.45) is 11.3 Å². The van der Waals surface area contributed by atoms with Crippen LogP contribution in [-0.2, 0) is 4.74 Å². The summed E-state index contributed by atoms with van der Waals surface area (Å²) in [5.74, 6) is 0.701. The summed E-state index contributed by atoms with van der Waals surface area (Å²) in [4.78, 5) is 0. The Labute approximate surface area is 126 Å². The van der Waals surface area contributed by atoms with E-state index in [2.05, 4.69) is 24.4 Å². The maximum absolute atomic E-state index is 9.05. The number of benzene rings is 1. The summed E-state index contributed by atoms with van der Waals surface area (Å²) >= 11 is 0. The molecule has 3 heteroatoms. The highest BCUT2D eigenvalue weighted by Crippen LogP contribution is 2.63. The highest BCUT2D eigenvalue weighted by molar-refractivity contribution is 5.34. The lowest BCUT2D eigenvalue weighted by Crippen LogP contribution is -2.71. The zero-order chi connectivity index (χ0) is 14.4. The predicted molar refractivity (Wildman–Crippen MR) is 80.6 cm³/mol. The van der Waals surface area contributed by atoms with E-state index in [1.165, 1.54) is 31.2 Å². The standard InChI is InChI=1S/C18H22N2O/c1-12(14-5-2-4-13(10-14)11-19)20-16-15-6-9-21-17(15)18(16)7-3-8-18/h2,4-5,10,12,15-17,20H,3,6-9H2,1H3/t12-,15-,16+,17+/m0/s1. The number of hydrogen-bond donors (Lipinski definition) is 1. The third-order valence-corrected chi connectivity index (χ3v) is 5.98. The molecule has 3 aliphatic rings. The molecule has 0 unspecified atom stereocenters. The molecule has 21 heavy (non-hydrogen) atoms. The molecule has 0 bridgehead atoms. The lowest BCUT2D eigenvalue weighted by atomic mass is 9.46. The minimum absolute atomic E-state index is 0.294. The van der Waals surface area contributed by atoms with E-state index in [0.717, 1.165) is 12.2 Å². The molecule has 1 N–H and O–H groups in total. The highest BCUT2D eigenvalue weighted by Gasteiger charge is 2.66. The van der Waals surface area contributed by atoms with Crippen molar-refractivity contribution >= 4 is 0 Å². The van der Waals surface area contributed by atoms with E-state index in [0.29, 0.717) is 29.5 Å². The van der Waals surface area contributed by atoms with Gasteiger partial charge in [-0.15, -0.1) is 0 Å². The van der Waals surface area contributed by atoms with Gasteiger partial charge in [-0.25, -0.2) is 0 Å². The van der Waals surface area contributed by atoms with Gasteiger partial charge in [-0.1, -0.05) is 18.6 Å². The summed E-state index contributed by atoms with van der Waals surface area (Å²) in [5.41, 5.74) is 2.38. The molecule has 1 spiro atoms. The summed E-state index contributed by atoms with van der Waals surface area (Å²) in [6, 6.07) is 11.1. The van der Waals surface area contributed by atoms with E-state index >= 15 is 0 Å². The number of hydrogen-bond acceptors (Lipinski definition) is 3. The molecule has 0 radical (unpaired) electrons. The number of nitrogens with zero attached hydrogens (tertiary/aromatic N) is 1. The maximum Gasteiger partial charge on any atom is 0.0991 e. The summed E-state index contributed by atoms with van der Waals surface area (Å²) in [5, 5.41) is 12.9. The van der Waals surface area contributed by atoms with Crippen LogP contribution in [0.3, 0.4) is 0 Å². The Morgan fingerprint density at radius 2 is 2.29 bits per heavy atom. The van der Waals surface area contributed by atoms with Crippen molar-refractivity contribution in [1.82, 2.24) is 5.32 Å². The van der Waals surface area contributed by atoms with Gasteiger partial charge in [0, 0.05) is 30.0 Å². The molecule has 0 amide bonds. The van der Waals surface area contributed by atoms with E-state index in [1.807, 2.05) is 18.2 Å². The molecule has 4 atom stereocenters. The van der Waals surface area contributed by atoms with Gasteiger partial charge in [0.15, 0.2) is 0 Å². The van der Waals surface area contributed by atoms with E-state index in [1.54, 1.807) is 0 Å². The van der Waals surface area contributed by atoms with Crippen molar-refractivity contribution < 1.29 is 4.74 Å². The van der Waals surface area contributed by atoms with E-state index in [-0.39, 0.29) is 0 Å². The molecule has 1 aromatic carbocycles. The Bertz CT molecular complexity index is 587. The second kappa shape index (κ2) is 4.83. The third kappa shape index (κ3) is 1.86. The van der Waals surface area contributed by atoms with Crippen LogP contribution in [0.2, 0.25) is 0 Å². The molecule has 3 fully saturated rings. The second-order valence-electron chi connectivity index (χ2n) is 6.93. The Hall–Kier alpha value is -1.37.